The van der Waals surface area contributed by atoms with Crippen LogP contribution in [-0.2, 0) is 6.42 Å². The largest absolute Gasteiger partial charge is 0.493 e. The van der Waals surface area contributed by atoms with Crippen LogP contribution in [-0.4, -0.2) is 11.6 Å². The zero-order valence-electron chi connectivity index (χ0n) is 14.7. The maximum atomic E-state index is 5.83. The van der Waals surface area contributed by atoms with Gasteiger partial charge in [-0.15, -0.1) is 0 Å². The van der Waals surface area contributed by atoms with Crippen LogP contribution in [0.1, 0.15) is 47.1 Å². The summed E-state index contributed by atoms with van der Waals surface area (Å²) in [4.78, 5) is 4.17. The minimum Gasteiger partial charge on any atom is -0.493 e. The van der Waals surface area contributed by atoms with Crippen LogP contribution in [0.2, 0.25) is 0 Å². The van der Waals surface area contributed by atoms with Crippen molar-refractivity contribution in [3.8, 4) is 5.75 Å². The number of pyridine rings is 1. The number of hydrogen-bond acceptors (Lipinski definition) is 2. The van der Waals surface area contributed by atoms with E-state index in [0.29, 0.717) is 0 Å². The molecule has 124 valence electrons. The Balaban J connectivity index is 1.77. The standard InChI is InChI=1S/C22H25NO/c1-15(19-7-5-11-23-14-19)9-10-16(2)22-17(3)13-21-20(18(22)4)8-6-12-24-21/h5,7,11,13-14H,1-2,6,8-10,12H2,3-4H3. The van der Waals surface area contributed by atoms with Crippen molar-refractivity contribution < 1.29 is 4.74 Å². The van der Waals surface area contributed by atoms with Crippen LogP contribution in [0, 0.1) is 13.8 Å². The summed E-state index contributed by atoms with van der Waals surface area (Å²) in [5.74, 6) is 1.06. The molecule has 1 aromatic carbocycles. The fraction of sp³-hybridized carbons (Fsp3) is 0.318. The molecule has 0 amide bonds. The third-order valence-electron chi connectivity index (χ3n) is 4.85. The minimum absolute atomic E-state index is 0.830. The fourth-order valence-corrected chi connectivity index (χ4v) is 3.54. The quantitative estimate of drug-likeness (QED) is 0.723. The predicted octanol–water partition coefficient (Wildman–Crippen LogP) is 5.53. The highest BCUT2D eigenvalue weighted by Gasteiger charge is 2.18. The average Bonchev–Trinajstić information content (AvgIpc) is 2.60. The lowest BCUT2D eigenvalue weighted by atomic mass is 9.87. The maximum absolute atomic E-state index is 5.83. The summed E-state index contributed by atoms with van der Waals surface area (Å²) < 4.78 is 5.83. The molecule has 0 atom stereocenters. The van der Waals surface area contributed by atoms with Gasteiger partial charge in [-0.05, 0) is 90.6 Å². The monoisotopic (exact) mass is 319 g/mol. The molecule has 0 bridgehead atoms. The first-order chi connectivity index (χ1) is 11.6. The molecule has 1 aliphatic rings. The summed E-state index contributed by atoms with van der Waals surface area (Å²) in [5, 5.41) is 0. The first-order valence-electron chi connectivity index (χ1n) is 8.60. The van der Waals surface area contributed by atoms with Crippen molar-refractivity contribution in [2.45, 2.75) is 39.5 Å². The zero-order valence-corrected chi connectivity index (χ0v) is 14.7. The van der Waals surface area contributed by atoms with E-state index in [1.165, 1.54) is 27.8 Å². The summed E-state index contributed by atoms with van der Waals surface area (Å²) >= 11 is 0. The van der Waals surface area contributed by atoms with Crippen LogP contribution < -0.4 is 4.74 Å². The number of rotatable bonds is 5. The third-order valence-corrected chi connectivity index (χ3v) is 4.85. The molecule has 0 N–H and O–H groups in total. The Hall–Kier alpha value is -2.35. The normalized spacial score (nSPS) is 13.1. The number of aryl methyl sites for hydroxylation is 1. The van der Waals surface area contributed by atoms with Gasteiger partial charge < -0.3 is 4.74 Å². The Morgan fingerprint density at radius 3 is 2.75 bits per heavy atom. The molecule has 2 heterocycles. The number of allylic oxidation sites excluding steroid dienone is 2. The van der Waals surface area contributed by atoms with Gasteiger partial charge in [-0.3, -0.25) is 4.98 Å². The van der Waals surface area contributed by atoms with Crippen molar-refractivity contribution in [3.63, 3.8) is 0 Å². The van der Waals surface area contributed by atoms with E-state index < -0.39 is 0 Å². The molecule has 2 aromatic rings. The van der Waals surface area contributed by atoms with E-state index >= 15 is 0 Å². The molecule has 1 aliphatic heterocycles. The minimum atomic E-state index is 0.830. The second kappa shape index (κ2) is 7.04. The molecule has 0 spiro atoms. The molecule has 0 saturated carbocycles. The van der Waals surface area contributed by atoms with Crippen molar-refractivity contribution >= 4 is 11.1 Å². The number of benzene rings is 1. The van der Waals surface area contributed by atoms with E-state index in [2.05, 4.69) is 44.1 Å². The summed E-state index contributed by atoms with van der Waals surface area (Å²) in [6, 6.07) is 6.19. The van der Waals surface area contributed by atoms with Crippen LogP contribution >= 0.6 is 0 Å². The predicted molar refractivity (Wildman–Crippen MR) is 101 cm³/mol. The SMILES string of the molecule is C=C(CCC(=C)c1c(C)cc2c(c1C)CCCO2)c1cccnc1. The Morgan fingerprint density at radius 1 is 1.21 bits per heavy atom. The number of aromatic nitrogens is 1. The smallest absolute Gasteiger partial charge is 0.123 e. The summed E-state index contributed by atoms with van der Waals surface area (Å²) in [6.07, 6.45) is 7.67. The van der Waals surface area contributed by atoms with Gasteiger partial charge in [0, 0.05) is 12.4 Å². The van der Waals surface area contributed by atoms with E-state index in [9.17, 15) is 0 Å². The van der Waals surface area contributed by atoms with Crippen LogP contribution in [0.15, 0.2) is 43.8 Å². The molecule has 2 heteroatoms. The van der Waals surface area contributed by atoms with Gasteiger partial charge in [-0.1, -0.05) is 19.2 Å². The van der Waals surface area contributed by atoms with Crippen molar-refractivity contribution in [2.24, 2.45) is 0 Å². The molecule has 0 unspecified atom stereocenters. The lowest BCUT2D eigenvalue weighted by Crippen LogP contribution is -2.11. The van der Waals surface area contributed by atoms with E-state index in [0.717, 1.165) is 49.2 Å². The lowest BCUT2D eigenvalue weighted by molar-refractivity contribution is 0.287. The van der Waals surface area contributed by atoms with E-state index in [1.54, 1.807) is 6.20 Å². The van der Waals surface area contributed by atoms with E-state index in [4.69, 9.17) is 4.74 Å². The molecule has 2 nitrogen and oxygen atoms in total. The van der Waals surface area contributed by atoms with Crippen LogP contribution in [0.4, 0.5) is 0 Å². The van der Waals surface area contributed by atoms with Gasteiger partial charge in [-0.25, -0.2) is 0 Å². The average molecular weight is 319 g/mol. The van der Waals surface area contributed by atoms with E-state index in [-0.39, 0.29) is 0 Å². The van der Waals surface area contributed by atoms with E-state index in [1.807, 2.05) is 12.3 Å². The lowest BCUT2D eigenvalue weighted by Gasteiger charge is -2.24. The van der Waals surface area contributed by atoms with Crippen molar-refractivity contribution in [1.29, 1.82) is 0 Å². The van der Waals surface area contributed by atoms with Crippen LogP contribution in [0.25, 0.3) is 11.1 Å². The van der Waals surface area contributed by atoms with Gasteiger partial charge in [0.05, 0.1) is 6.61 Å². The number of nitrogens with zero attached hydrogens (tertiary/aromatic N) is 1. The molecule has 0 aliphatic carbocycles. The first kappa shape index (κ1) is 16.5. The molecular formula is C22H25NO. The summed E-state index contributed by atoms with van der Waals surface area (Å²) in [6.45, 7) is 13.8. The molecule has 0 radical (unpaired) electrons. The van der Waals surface area contributed by atoms with Crippen molar-refractivity contribution in [2.75, 3.05) is 6.61 Å². The fourth-order valence-electron chi connectivity index (χ4n) is 3.54. The summed E-state index contributed by atoms with van der Waals surface area (Å²) in [7, 11) is 0. The van der Waals surface area contributed by atoms with Crippen LogP contribution in [0.3, 0.4) is 0 Å². The highest BCUT2D eigenvalue weighted by molar-refractivity contribution is 5.74. The molecule has 1 aromatic heterocycles. The van der Waals surface area contributed by atoms with Gasteiger partial charge in [0.1, 0.15) is 5.75 Å². The van der Waals surface area contributed by atoms with Crippen molar-refractivity contribution in [3.05, 3.63) is 71.6 Å². The topological polar surface area (TPSA) is 22.1 Å². The van der Waals surface area contributed by atoms with Gasteiger partial charge in [0.2, 0.25) is 0 Å². The zero-order chi connectivity index (χ0) is 17.1. The van der Waals surface area contributed by atoms with Crippen molar-refractivity contribution in [1.82, 2.24) is 4.98 Å². The second-order valence-corrected chi connectivity index (χ2v) is 6.57. The maximum Gasteiger partial charge on any atom is 0.123 e. The Morgan fingerprint density at radius 2 is 2.00 bits per heavy atom. The van der Waals surface area contributed by atoms with Gasteiger partial charge >= 0.3 is 0 Å². The summed E-state index contributed by atoms with van der Waals surface area (Å²) in [5.41, 5.74) is 8.65. The number of fused-ring (bicyclic) bond motifs is 1. The molecule has 24 heavy (non-hydrogen) atoms. The highest BCUT2D eigenvalue weighted by atomic mass is 16.5. The Kier molecular flexibility index (Phi) is 4.84. The highest BCUT2D eigenvalue weighted by Crippen LogP contribution is 2.36. The Bertz CT molecular complexity index is 774. The number of hydrogen-bond donors (Lipinski definition) is 0. The second-order valence-electron chi connectivity index (χ2n) is 6.57. The number of ether oxygens (including phenoxy) is 1. The van der Waals surface area contributed by atoms with Gasteiger partial charge in [0.15, 0.2) is 0 Å². The molecule has 0 fully saturated rings. The first-order valence-corrected chi connectivity index (χ1v) is 8.60. The van der Waals surface area contributed by atoms with Crippen LogP contribution in [0.5, 0.6) is 5.75 Å². The molecule has 0 saturated heterocycles. The molecule has 3 rings (SSSR count). The van der Waals surface area contributed by atoms with Gasteiger partial charge in [0.25, 0.3) is 0 Å². The van der Waals surface area contributed by atoms with Gasteiger partial charge in [-0.2, -0.15) is 0 Å². The third kappa shape index (κ3) is 3.28. The molecular weight excluding hydrogens is 294 g/mol. The Labute approximate surface area is 144 Å².